The minimum atomic E-state index is -1.94. The highest BCUT2D eigenvalue weighted by molar-refractivity contribution is 7.98. The van der Waals surface area contributed by atoms with Crippen LogP contribution in [0.25, 0.3) is 0 Å². The molecule has 0 aliphatic rings. The average Bonchev–Trinajstić information content (AvgIpc) is 3.30. The highest BCUT2D eigenvalue weighted by Crippen LogP contribution is 2.13. The van der Waals surface area contributed by atoms with Gasteiger partial charge in [0, 0.05) is 13.3 Å². The lowest BCUT2D eigenvalue weighted by molar-refractivity contribution is -0.142. The molecule has 432 valence electrons. The third-order valence-corrected chi connectivity index (χ3v) is 11.6. The fourth-order valence-electron chi connectivity index (χ4n) is 6.88. The number of carboxylic acids is 2. The predicted octanol–water partition coefficient (Wildman–Crippen LogP) is -7.46. The molecule has 10 atom stereocenters. The Kier molecular flexibility index (Phi) is 30.8. The molecule has 0 aliphatic carbocycles. The van der Waals surface area contributed by atoms with E-state index in [1.807, 2.05) is 0 Å². The van der Waals surface area contributed by atoms with Crippen molar-refractivity contribution in [2.24, 2.45) is 40.5 Å². The molecule has 0 fully saturated rings. The zero-order chi connectivity index (χ0) is 59.4. The number of carboxylic acid groups (broad SMARTS) is 2. The summed E-state index contributed by atoms with van der Waals surface area (Å²) in [5.74, 6) is -19.8. The van der Waals surface area contributed by atoms with Gasteiger partial charge in [-0.2, -0.15) is 11.8 Å². The van der Waals surface area contributed by atoms with E-state index >= 15 is 0 Å². The van der Waals surface area contributed by atoms with Gasteiger partial charge in [-0.15, -0.1) is 0 Å². The summed E-state index contributed by atoms with van der Waals surface area (Å²) >= 11 is 1.22. The van der Waals surface area contributed by atoms with Gasteiger partial charge in [-0.25, -0.2) is 0 Å². The van der Waals surface area contributed by atoms with Crippen molar-refractivity contribution in [3.05, 3.63) is 0 Å². The molecular formula is C44H72N14O18S. The summed E-state index contributed by atoms with van der Waals surface area (Å²) in [6.07, 6.45) is -4.35. The summed E-state index contributed by atoms with van der Waals surface area (Å²) in [5, 5.41) is 39.3. The monoisotopic (exact) mass is 1120 g/mol. The van der Waals surface area contributed by atoms with Gasteiger partial charge in [0.1, 0.15) is 54.4 Å². The second-order valence-electron chi connectivity index (χ2n) is 18.1. The smallest absolute Gasteiger partial charge is 0.305 e. The van der Waals surface area contributed by atoms with Crippen LogP contribution in [0.3, 0.4) is 0 Å². The van der Waals surface area contributed by atoms with Gasteiger partial charge in [0.15, 0.2) is 0 Å². The summed E-state index contributed by atoms with van der Waals surface area (Å²) in [6, 6.07) is -15.5. The van der Waals surface area contributed by atoms with E-state index in [0.29, 0.717) is 0 Å². The fraction of sp³-hybridized carbons (Fsp3) is 0.636. The number of hydrogen-bond acceptors (Lipinski definition) is 17. The van der Waals surface area contributed by atoms with Crippen molar-refractivity contribution in [3.63, 3.8) is 0 Å². The van der Waals surface area contributed by atoms with E-state index in [0.717, 1.165) is 6.92 Å². The molecule has 21 N–H and O–H groups in total. The van der Waals surface area contributed by atoms with E-state index < -0.39 is 206 Å². The first-order chi connectivity index (χ1) is 35.7. The van der Waals surface area contributed by atoms with Gasteiger partial charge in [-0.1, -0.05) is 34.1 Å². The molecule has 0 radical (unpaired) electrons. The molecule has 77 heavy (non-hydrogen) atoms. The van der Waals surface area contributed by atoms with Crippen molar-refractivity contribution >= 4 is 106 Å². The number of nitrogens with two attached hydrogens (primary N) is 5. The predicted molar refractivity (Wildman–Crippen MR) is 269 cm³/mol. The molecule has 0 aliphatic heterocycles. The first-order valence-corrected chi connectivity index (χ1v) is 25.2. The summed E-state index contributed by atoms with van der Waals surface area (Å²) in [4.78, 5) is 204. The molecule has 0 rings (SSSR count). The lowest BCUT2D eigenvalue weighted by Gasteiger charge is -2.29. The number of amides is 14. The standard InChI is InChI=1S/C44H72N14O18S/c1-7-19(4)35(44(76)52-22(10-11-77-6)38(70)57-28(17-34(66)67)42(74)53-23(36(49)68)13-29(45)60)58-43(75)27(16-32(48)63)55-37(69)21(8-9-33(64)65)51-39(71)24(12-18(2)3)54-41(73)26(15-31(47)62)56-40(72)25(14-30(46)61)50-20(5)59/h18-19,21-28,35H,7-17H2,1-6H3,(H2,45,60)(H2,46,61)(H2,47,62)(H2,48,63)(H2,49,68)(H,50,59)(H,51,71)(H,52,76)(H,53,74)(H,54,73)(H,55,69)(H,56,72)(H,57,70)(H,58,75)(H,64,65)(H,66,67)/t19-,21-,22-,23-,24-,25-,26-,27-,28-,35-/m0/s1. The van der Waals surface area contributed by atoms with Crippen LogP contribution < -0.4 is 76.5 Å². The van der Waals surface area contributed by atoms with Gasteiger partial charge >= 0.3 is 11.9 Å². The van der Waals surface area contributed by atoms with E-state index in [9.17, 15) is 86.9 Å². The number of rotatable bonds is 38. The van der Waals surface area contributed by atoms with Crippen LogP contribution in [0.4, 0.5) is 0 Å². The minimum Gasteiger partial charge on any atom is -0.481 e. The van der Waals surface area contributed by atoms with Crippen molar-refractivity contribution in [1.82, 2.24) is 47.9 Å². The first-order valence-electron chi connectivity index (χ1n) is 23.8. The van der Waals surface area contributed by atoms with E-state index in [1.165, 1.54) is 18.7 Å². The maximum absolute atomic E-state index is 14.0. The molecule has 0 unspecified atom stereocenters. The fourth-order valence-corrected chi connectivity index (χ4v) is 7.35. The largest absolute Gasteiger partial charge is 0.481 e. The van der Waals surface area contributed by atoms with Crippen molar-refractivity contribution in [3.8, 4) is 0 Å². The number of aliphatic carboxylic acids is 2. The molecule has 0 heterocycles. The highest BCUT2D eigenvalue weighted by atomic mass is 32.2. The zero-order valence-electron chi connectivity index (χ0n) is 43.4. The second kappa shape index (κ2) is 34.4. The summed E-state index contributed by atoms with van der Waals surface area (Å²) in [6.45, 7) is 7.36. The Bertz CT molecular complexity index is 2200. The third-order valence-electron chi connectivity index (χ3n) is 10.9. The molecule has 0 spiro atoms. The van der Waals surface area contributed by atoms with Crippen molar-refractivity contribution in [2.45, 2.75) is 153 Å². The van der Waals surface area contributed by atoms with Gasteiger partial charge in [0.2, 0.25) is 82.7 Å². The van der Waals surface area contributed by atoms with Crippen LogP contribution >= 0.6 is 11.8 Å². The quantitative estimate of drug-likeness (QED) is 0.0273. The zero-order valence-corrected chi connectivity index (χ0v) is 44.2. The maximum Gasteiger partial charge on any atom is 0.305 e. The Balaban J connectivity index is 6.87. The Hall–Kier alpha value is -8.13. The van der Waals surface area contributed by atoms with Crippen LogP contribution in [-0.2, 0) is 76.7 Å². The van der Waals surface area contributed by atoms with Crippen LogP contribution in [0.15, 0.2) is 0 Å². The number of primary amides is 5. The molecule has 0 saturated heterocycles. The first kappa shape index (κ1) is 68.9. The highest BCUT2D eigenvalue weighted by Gasteiger charge is 2.38. The van der Waals surface area contributed by atoms with Crippen molar-refractivity contribution in [2.75, 3.05) is 12.0 Å². The molecular weight excluding hydrogens is 1040 g/mol. The Labute approximate surface area is 445 Å². The Morgan fingerprint density at radius 2 is 0.766 bits per heavy atom. The average molecular weight is 1120 g/mol. The lowest BCUT2D eigenvalue weighted by Crippen LogP contribution is -2.62. The van der Waals surface area contributed by atoms with E-state index in [4.69, 9.17) is 28.7 Å². The summed E-state index contributed by atoms with van der Waals surface area (Å²) < 4.78 is 0. The van der Waals surface area contributed by atoms with Crippen LogP contribution in [0.1, 0.15) is 98.8 Å². The number of carbonyl (C=O) groups excluding carboxylic acids is 14. The van der Waals surface area contributed by atoms with E-state index in [1.54, 1.807) is 27.0 Å². The van der Waals surface area contributed by atoms with Gasteiger partial charge in [0.25, 0.3) is 0 Å². The van der Waals surface area contributed by atoms with Gasteiger partial charge in [-0.05, 0) is 43.1 Å². The topological polar surface area (TPSA) is 552 Å². The Morgan fingerprint density at radius 3 is 1.14 bits per heavy atom. The van der Waals surface area contributed by atoms with Crippen LogP contribution in [-0.4, -0.2) is 171 Å². The summed E-state index contributed by atoms with van der Waals surface area (Å²) in [5.41, 5.74) is 26.3. The van der Waals surface area contributed by atoms with Gasteiger partial charge in [0.05, 0.1) is 32.1 Å². The van der Waals surface area contributed by atoms with Gasteiger partial charge in [-0.3, -0.25) is 76.7 Å². The molecule has 32 nitrogen and oxygen atoms in total. The van der Waals surface area contributed by atoms with E-state index in [2.05, 4.69) is 47.9 Å². The molecule has 0 aromatic heterocycles. The maximum atomic E-state index is 14.0. The minimum absolute atomic E-state index is 0.151. The molecule has 0 bridgehead atoms. The van der Waals surface area contributed by atoms with Crippen LogP contribution in [0, 0.1) is 11.8 Å². The van der Waals surface area contributed by atoms with Crippen LogP contribution in [0.5, 0.6) is 0 Å². The number of nitrogens with one attached hydrogen (secondary N) is 9. The number of hydrogen-bond donors (Lipinski definition) is 16. The molecule has 0 aromatic rings. The van der Waals surface area contributed by atoms with Crippen molar-refractivity contribution < 1.29 is 86.9 Å². The van der Waals surface area contributed by atoms with Gasteiger partial charge < -0.3 is 86.7 Å². The number of carbonyl (C=O) groups is 16. The molecule has 0 saturated carbocycles. The summed E-state index contributed by atoms with van der Waals surface area (Å²) in [7, 11) is 0. The molecule has 14 amide bonds. The molecule has 0 aromatic carbocycles. The lowest BCUT2D eigenvalue weighted by atomic mass is 9.97. The SMILES string of the molecule is CC[C@H](C)[C@H](NC(=O)[C@H](CC(N)=O)NC(=O)[C@H](CCC(=O)O)NC(=O)[C@H](CC(C)C)NC(=O)[C@H](CC(N)=O)NC(=O)[C@H](CC(N)=O)NC(C)=O)C(=O)N[C@@H](CCSC)C(=O)N[C@@H](CC(=O)O)C(=O)N[C@@H](CC(N)=O)C(N)=O. The Morgan fingerprint density at radius 1 is 0.429 bits per heavy atom. The van der Waals surface area contributed by atoms with E-state index in [-0.39, 0.29) is 25.0 Å². The third kappa shape index (κ3) is 27.8. The second-order valence-corrected chi connectivity index (χ2v) is 19.1. The normalized spacial score (nSPS) is 14.7. The van der Waals surface area contributed by atoms with Crippen molar-refractivity contribution in [1.29, 1.82) is 0 Å². The molecule has 33 heteroatoms. The number of thioether (sulfide) groups is 1. The van der Waals surface area contributed by atoms with Crippen LogP contribution in [0.2, 0.25) is 0 Å².